The maximum atomic E-state index is 12.2. The average Bonchev–Trinajstić information content (AvgIpc) is 2.85. The molecule has 1 aromatic heterocycles. The molecule has 1 heterocycles. The summed E-state index contributed by atoms with van der Waals surface area (Å²) in [6, 6.07) is 0. The van der Waals surface area contributed by atoms with E-state index in [1.165, 1.54) is 0 Å². The second kappa shape index (κ2) is 5.86. The molecule has 19 heavy (non-hydrogen) atoms. The van der Waals surface area contributed by atoms with Gasteiger partial charge in [-0.25, -0.2) is 0 Å². The molecule has 0 spiro atoms. The molecular formula is C13H19N3O3. The van der Waals surface area contributed by atoms with Crippen LogP contribution in [-0.2, 0) is 16.0 Å². The molecule has 0 aliphatic heterocycles. The van der Waals surface area contributed by atoms with E-state index in [9.17, 15) is 14.7 Å². The normalized spacial score (nSPS) is 23.0. The summed E-state index contributed by atoms with van der Waals surface area (Å²) in [5, 5.41) is 18.6. The van der Waals surface area contributed by atoms with Gasteiger partial charge in [0, 0.05) is 5.56 Å². The molecule has 6 heteroatoms. The van der Waals surface area contributed by atoms with Gasteiger partial charge in [0.25, 0.3) is 0 Å². The van der Waals surface area contributed by atoms with Crippen molar-refractivity contribution in [1.82, 2.24) is 10.2 Å². The number of carbonyl (C=O) groups is 2. The van der Waals surface area contributed by atoms with Gasteiger partial charge in [0.1, 0.15) is 5.82 Å². The lowest BCUT2D eigenvalue weighted by Gasteiger charge is -2.27. The van der Waals surface area contributed by atoms with Gasteiger partial charge >= 0.3 is 5.97 Å². The van der Waals surface area contributed by atoms with Crippen LogP contribution in [0.15, 0.2) is 6.20 Å². The SMILES string of the molecule is CCc1cn[nH]c1NC(=O)[C@@H]1CCCC[C@@H]1C(=O)O. The molecule has 2 rings (SSSR count). The number of carboxylic acid groups (broad SMARTS) is 1. The molecule has 0 aromatic carbocycles. The van der Waals surface area contributed by atoms with Crippen molar-refractivity contribution in [2.75, 3.05) is 5.32 Å². The summed E-state index contributed by atoms with van der Waals surface area (Å²) >= 11 is 0. The van der Waals surface area contributed by atoms with E-state index in [4.69, 9.17) is 0 Å². The summed E-state index contributed by atoms with van der Waals surface area (Å²) in [6.45, 7) is 1.97. The van der Waals surface area contributed by atoms with Crippen molar-refractivity contribution in [3.8, 4) is 0 Å². The first-order valence-electron chi connectivity index (χ1n) is 6.69. The van der Waals surface area contributed by atoms with Crippen molar-refractivity contribution < 1.29 is 14.7 Å². The van der Waals surface area contributed by atoms with Gasteiger partial charge in [-0.15, -0.1) is 0 Å². The van der Waals surface area contributed by atoms with Gasteiger partial charge < -0.3 is 10.4 Å². The predicted molar refractivity (Wildman–Crippen MR) is 69.7 cm³/mol. The molecule has 3 N–H and O–H groups in total. The minimum Gasteiger partial charge on any atom is -0.481 e. The summed E-state index contributed by atoms with van der Waals surface area (Å²) in [4.78, 5) is 23.4. The molecule has 0 saturated heterocycles. The van der Waals surface area contributed by atoms with Crippen LogP contribution in [0, 0.1) is 11.8 Å². The molecule has 1 saturated carbocycles. The molecule has 2 atom stereocenters. The Labute approximate surface area is 111 Å². The smallest absolute Gasteiger partial charge is 0.307 e. The number of hydrogen-bond donors (Lipinski definition) is 3. The minimum atomic E-state index is -0.875. The van der Waals surface area contributed by atoms with Crippen molar-refractivity contribution in [2.24, 2.45) is 11.8 Å². The number of hydrogen-bond acceptors (Lipinski definition) is 3. The Morgan fingerprint density at radius 1 is 1.42 bits per heavy atom. The van der Waals surface area contributed by atoms with E-state index in [1.54, 1.807) is 6.20 Å². The highest BCUT2D eigenvalue weighted by molar-refractivity contribution is 5.95. The van der Waals surface area contributed by atoms with Crippen molar-refractivity contribution in [2.45, 2.75) is 39.0 Å². The van der Waals surface area contributed by atoms with Gasteiger partial charge in [-0.3, -0.25) is 14.7 Å². The summed E-state index contributed by atoms with van der Waals surface area (Å²) < 4.78 is 0. The molecule has 1 aromatic rings. The Balaban J connectivity index is 2.07. The van der Waals surface area contributed by atoms with Gasteiger partial charge in [-0.05, 0) is 19.3 Å². The topological polar surface area (TPSA) is 95.1 Å². The van der Waals surface area contributed by atoms with Gasteiger partial charge in [0.2, 0.25) is 5.91 Å². The fourth-order valence-electron chi connectivity index (χ4n) is 2.64. The third-order valence-electron chi connectivity index (χ3n) is 3.77. The number of H-pyrrole nitrogens is 1. The van der Waals surface area contributed by atoms with E-state index in [1.807, 2.05) is 6.92 Å². The molecular weight excluding hydrogens is 246 g/mol. The van der Waals surface area contributed by atoms with Crippen molar-refractivity contribution >= 4 is 17.7 Å². The second-order valence-corrected chi connectivity index (χ2v) is 4.95. The van der Waals surface area contributed by atoms with Gasteiger partial charge in [0.15, 0.2) is 0 Å². The largest absolute Gasteiger partial charge is 0.481 e. The fraction of sp³-hybridized carbons (Fsp3) is 0.615. The Kier molecular flexibility index (Phi) is 4.19. The van der Waals surface area contributed by atoms with Crippen molar-refractivity contribution in [1.29, 1.82) is 0 Å². The number of amides is 1. The van der Waals surface area contributed by atoms with E-state index in [0.29, 0.717) is 18.7 Å². The molecule has 0 unspecified atom stereocenters. The van der Waals surface area contributed by atoms with E-state index in [2.05, 4.69) is 15.5 Å². The third-order valence-corrected chi connectivity index (χ3v) is 3.77. The zero-order valence-corrected chi connectivity index (χ0v) is 11.0. The molecule has 1 aliphatic rings. The van der Waals surface area contributed by atoms with Gasteiger partial charge in [-0.1, -0.05) is 19.8 Å². The predicted octanol–water partition coefficient (Wildman–Crippen LogP) is 1.80. The highest BCUT2D eigenvalue weighted by Crippen LogP contribution is 2.31. The lowest BCUT2D eigenvalue weighted by molar-refractivity contribution is -0.147. The second-order valence-electron chi connectivity index (χ2n) is 4.95. The van der Waals surface area contributed by atoms with Crippen LogP contribution in [0.2, 0.25) is 0 Å². The number of carbonyl (C=O) groups excluding carboxylic acids is 1. The first-order valence-corrected chi connectivity index (χ1v) is 6.69. The minimum absolute atomic E-state index is 0.217. The summed E-state index contributed by atoms with van der Waals surface area (Å²) in [5.74, 6) is -1.52. The molecule has 104 valence electrons. The number of anilines is 1. The number of aryl methyl sites for hydroxylation is 1. The van der Waals surface area contributed by atoms with Crippen LogP contribution in [0.25, 0.3) is 0 Å². The Hall–Kier alpha value is -1.85. The third kappa shape index (κ3) is 2.94. The average molecular weight is 265 g/mol. The summed E-state index contributed by atoms with van der Waals surface area (Å²) in [7, 11) is 0. The molecule has 1 amide bonds. The standard InChI is InChI=1S/C13H19N3O3/c1-2-8-7-14-16-11(8)15-12(17)9-5-3-4-6-10(9)13(18)19/h7,9-10H,2-6H2,1H3,(H,18,19)(H2,14,15,16,17)/t9-,10+/m1/s1. The van der Waals surface area contributed by atoms with Crippen LogP contribution in [0.4, 0.5) is 5.82 Å². The number of nitrogens with one attached hydrogen (secondary N) is 2. The maximum Gasteiger partial charge on any atom is 0.307 e. The number of aromatic nitrogens is 2. The number of rotatable bonds is 4. The number of aromatic amines is 1. The summed E-state index contributed by atoms with van der Waals surface area (Å²) in [6.07, 6.45) is 5.44. The zero-order valence-electron chi connectivity index (χ0n) is 11.0. The lowest BCUT2D eigenvalue weighted by Crippen LogP contribution is -2.36. The Morgan fingerprint density at radius 2 is 2.11 bits per heavy atom. The van der Waals surface area contributed by atoms with Crippen molar-refractivity contribution in [3.63, 3.8) is 0 Å². The number of carboxylic acids is 1. The van der Waals surface area contributed by atoms with Crippen LogP contribution in [-0.4, -0.2) is 27.2 Å². The molecule has 0 bridgehead atoms. The molecule has 1 fully saturated rings. The molecule has 1 aliphatic carbocycles. The summed E-state index contributed by atoms with van der Waals surface area (Å²) in [5.41, 5.74) is 0.927. The van der Waals surface area contributed by atoms with Gasteiger partial charge in [-0.2, -0.15) is 5.10 Å². The molecule has 0 radical (unpaired) electrons. The number of aliphatic carboxylic acids is 1. The van der Waals surface area contributed by atoms with Crippen LogP contribution in [0.1, 0.15) is 38.2 Å². The van der Waals surface area contributed by atoms with E-state index < -0.39 is 17.8 Å². The van der Waals surface area contributed by atoms with E-state index in [0.717, 1.165) is 24.8 Å². The Bertz CT molecular complexity index is 469. The Morgan fingerprint density at radius 3 is 2.74 bits per heavy atom. The highest BCUT2D eigenvalue weighted by atomic mass is 16.4. The van der Waals surface area contributed by atoms with Crippen molar-refractivity contribution in [3.05, 3.63) is 11.8 Å². The number of nitrogens with zero attached hydrogens (tertiary/aromatic N) is 1. The lowest BCUT2D eigenvalue weighted by atomic mass is 9.78. The van der Waals surface area contributed by atoms with E-state index in [-0.39, 0.29) is 5.91 Å². The van der Waals surface area contributed by atoms with Gasteiger partial charge in [0.05, 0.1) is 18.0 Å². The monoisotopic (exact) mass is 265 g/mol. The van der Waals surface area contributed by atoms with E-state index >= 15 is 0 Å². The fourth-order valence-corrected chi connectivity index (χ4v) is 2.64. The molecule has 6 nitrogen and oxygen atoms in total. The van der Waals surface area contributed by atoms with Crippen LogP contribution < -0.4 is 5.32 Å². The zero-order chi connectivity index (χ0) is 13.8. The first-order chi connectivity index (χ1) is 9.13. The van der Waals surface area contributed by atoms with Crippen LogP contribution in [0.5, 0.6) is 0 Å². The first kappa shape index (κ1) is 13.6. The highest BCUT2D eigenvalue weighted by Gasteiger charge is 2.35. The maximum absolute atomic E-state index is 12.2. The quantitative estimate of drug-likeness (QED) is 0.773. The van der Waals surface area contributed by atoms with Crippen LogP contribution in [0.3, 0.4) is 0 Å². The van der Waals surface area contributed by atoms with Crippen LogP contribution >= 0.6 is 0 Å².